The van der Waals surface area contributed by atoms with E-state index in [-0.39, 0.29) is 23.8 Å². The molecule has 162 valence electrons. The van der Waals surface area contributed by atoms with Gasteiger partial charge in [-0.15, -0.1) is 0 Å². The molecule has 4 nitrogen and oxygen atoms in total. The molecule has 2 amide bonds. The second kappa shape index (κ2) is 9.92. The molecule has 4 heteroatoms. The van der Waals surface area contributed by atoms with Crippen molar-refractivity contribution in [2.45, 2.75) is 79.4 Å². The predicted molar refractivity (Wildman–Crippen MR) is 123 cm³/mol. The van der Waals surface area contributed by atoms with Crippen LogP contribution in [0.3, 0.4) is 0 Å². The summed E-state index contributed by atoms with van der Waals surface area (Å²) in [4.78, 5) is 28.2. The van der Waals surface area contributed by atoms with E-state index >= 15 is 0 Å². The zero-order valence-corrected chi connectivity index (χ0v) is 19.5. The molecule has 0 aromatic heterocycles. The number of amides is 2. The number of hydrogen-bond donors (Lipinski definition) is 1. The van der Waals surface area contributed by atoms with Crippen molar-refractivity contribution in [2.24, 2.45) is 0 Å². The molecule has 0 fully saturated rings. The lowest BCUT2D eigenvalue weighted by Crippen LogP contribution is -2.53. The van der Waals surface area contributed by atoms with Gasteiger partial charge in [-0.25, -0.2) is 0 Å². The molecule has 0 bridgehead atoms. The van der Waals surface area contributed by atoms with Gasteiger partial charge >= 0.3 is 0 Å². The molecule has 1 atom stereocenters. The first-order chi connectivity index (χ1) is 14.0. The van der Waals surface area contributed by atoms with Crippen molar-refractivity contribution in [1.29, 1.82) is 0 Å². The van der Waals surface area contributed by atoms with Crippen molar-refractivity contribution >= 4 is 11.8 Å². The van der Waals surface area contributed by atoms with Crippen molar-refractivity contribution < 1.29 is 9.59 Å². The van der Waals surface area contributed by atoms with Crippen LogP contribution in [0, 0.1) is 20.8 Å². The van der Waals surface area contributed by atoms with Crippen LogP contribution in [0.5, 0.6) is 0 Å². The van der Waals surface area contributed by atoms with Crippen LogP contribution < -0.4 is 5.32 Å². The maximum atomic E-state index is 13.4. The molecule has 2 aromatic carbocycles. The molecule has 0 saturated carbocycles. The Morgan fingerprint density at radius 2 is 1.63 bits per heavy atom. The van der Waals surface area contributed by atoms with Gasteiger partial charge in [0.15, 0.2) is 0 Å². The zero-order chi connectivity index (χ0) is 22.5. The third-order valence-corrected chi connectivity index (χ3v) is 5.41. The summed E-state index contributed by atoms with van der Waals surface area (Å²) < 4.78 is 0. The molecule has 0 heterocycles. The standard InChI is InChI=1S/C26H36N2O2/c1-8-23(25(30)27-26(5,6)7)28(17-22-12-10-9-11-19(22)3)24(29)16-21-14-13-18(2)20(4)15-21/h9-15,23H,8,16-17H2,1-7H3,(H,27,30). The normalized spacial score (nSPS) is 12.4. The Labute approximate surface area is 181 Å². The molecular weight excluding hydrogens is 372 g/mol. The average molecular weight is 409 g/mol. The third-order valence-electron chi connectivity index (χ3n) is 5.41. The first-order valence-corrected chi connectivity index (χ1v) is 10.7. The van der Waals surface area contributed by atoms with Crippen molar-refractivity contribution in [1.82, 2.24) is 10.2 Å². The number of aryl methyl sites for hydroxylation is 3. The van der Waals surface area contributed by atoms with Crippen molar-refractivity contribution in [3.8, 4) is 0 Å². The number of carbonyl (C=O) groups is 2. The smallest absolute Gasteiger partial charge is 0.243 e. The molecule has 1 unspecified atom stereocenters. The quantitative estimate of drug-likeness (QED) is 0.710. The van der Waals surface area contributed by atoms with Gasteiger partial charge in [-0.05, 0) is 75.8 Å². The van der Waals surface area contributed by atoms with Crippen LogP contribution in [0.15, 0.2) is 42.5 Å². The topological polar surface area (TPSA) is 49.4 Å². The molecular formula is C26H36N2O2. The van der Waals surface area contributed by atoms with Gasteiger partial charge in [0.05, 0.1) is 6.42 Å². The summed E-state index contributed by atoms with van der Waals surface area (Å²) in [6, 6.07) is 13.6. The Hall–Kier alpha value is -2.62. The van der Waals surface area contributed by atoms with E-state index in [1.165, 1.54) is 11.1 Å². The minimum absolute atomic E-state index is 0.0302. The van der Waals surface area contributed by atoms with Gasteiger partial charge in [0, 0.05) is 12.1 Å². The lowest BCUT2D eigenvalue weighted by molar-refractivity contribution is -0.141. The Morgan fingerprint density at radius 1 is 0.967 bits per heavy atom. The summed E-state index contributed by atoms with van der Waals surface area (Å²) in [5.41, 5.74) is 5.18. The number of hydrogen-bond acceptors (Lipinski definition) is 2. The van der Waals surface area contributed by atoms with E-state index in [1.54, 1.807) is 4.90 Å². The van der Waals surface area contributed by atoms with Gasteiger partial charge in [0.2, 0.25) is 11.8 Å². The summed E-state index contributed by atoms with van der Waals surface area (Å²) in [6.45, 7) is 14.4. The monoisotopic (exact) mass is 408 g/mol. The fourth-order valence-corrected chi connectivity index (χ4v) is 3.53. The number of nitrogens with zero attached hydrogens (tertiary/aromatic N) is 1. The molecule has 0 aliphatic carbocycles. The first kappa shape index (κ1) is 23.7. The van der Waals surface area contributed by atoms with E-state index in [0.29, 0.717) is 13.0 Å². The maximum Gasteiger partial charge on any atom is 0.243 e. The Kier molecular flexibility index (Phi) is 7.83. The van der Waals surface area contributed by atoms with E-state index < -0.39 is 6.04 Å². The van der Waals surface area contributed by atoms with Gasteiger partial charge in [-0.2, -0.15) is 0 Å². The largest absolute Gasteiger partial charge is 0.350 e. The molecule has 2 rings (SSSR count). The number of carbonyl (C=O) groups excluding carboxylic acids is 2. The van der Waals surface area contributed by atoms with Gasteiger partial charge < -0.3 is 10.2 Å². The van der Waals surface area contributed by atoms with E-state index in [4.69, 9.17) is 0 Å². The van der Waals surface area contributed by atoms with Gasteiger partial charge in [0.25, 0.3) is 0 Å². The van der Waals surface area contributed by atoms with Crippen LogP contribution in [0.25, 0.3) is 0 Å². The maximum absolute atomic E-state index is 13.4. The molecule has 0 aliphatic rings. The molecule has 2 aromatic rings. The molecule has 0 aliphatic heterocycles. The second-order valence-electron chi connectivity index (χ2n) is 9.21. The van der Waals surface area contributed by atoms with Crippen LogP contribution in [0.2, 0.25) is 0 Å². The highest BCUT2D eigenvalue weighted by Crippen LogP contribution is 2.18. The number of nitrogens with one attached hydrogen (secondary N) is 1. The van der Waals surface area contributed by atoms with E-state index in [0.717, 1.165) is 16.7 Å². The molecule has 1 N–H and O–H groups in total. The Bertz CT molecular complexity index is 896. The van der Waals surface area contributed by atoms with Crippen LogP contribution in [-0.4, -0.2) is 28.3 Å². The van der Waals surface area contributed by atoms with E-state index in [1.807, 2.05) is 71.0 Å². The summed E-state index contributed by atoms with van der Waals surface area (Å²) in [6.07, 6.45) is 0.846. The van der Waals surface area contributed by atoms with Crippen LogP contribution in [-0.2, 0) is 22.6 Å². The summed E-state index contributed by atoms with van der Waals surface area (Å²) in [7, 11) is 0. The fraction of sp³-hybridized carbons (Fsp3) is 0.462. The van der Waals surface area contributed by atoms with Crippen LogP contribution in [0.4, 0.5) is 0 Å². The Morgan fingerprint density at radius 3 is 2.20 bits per heavy atom. The van der Waals surface area contributed by atoms with Crippen LogP contribution in [0.1, 0.15) is 61.9 Å². The highest BCUT2D eigenvalue weighted by atomic mass is 16.2. The van der Waals surface area contributed by atoms with Crippen molar-refractivity contribution in [3.05, 3.63) is 70.3 Å². The fourth-order valence-electron chi connectivity index (χ4n) is 3.53. The van der Waals surface area contributed by atoms with Crippen molar-refractivity contribution in [3.63, 3.8) is 0 Å². The zero-order valence-electron chi connectivity index (χ0n) is 19.5. The summed E-state index contributed by atoms with van der Waals surface area (Å²) >= 11 is 0. The molecule has 30 heavy (non-hydrogen) atoms. The highest BCUT2D eigenvalue weighted by Gasteiger charge is 2.30. The first-order valence-electron chi connectivity index (χ1n) is 10.7. The minimum atomic E-state index is -0.511. The van der Waals surface area contributed by atoms with E-state index in [2.05, 4.69) is 25.2 Å². The lowest BCUT2D eigenvalue weighted by Gasteiger charge is -2.33. The van der Waals surface area contributed by atoms with E-state index in [9.17, 15) is 9.59 Å². The SMILES string of the molecule is CCC(C(=O)NC(C)(C)C)N(Cc1ccccc1C)C(=O)Cc1ccc(C)c(C)c1. The Balaban J connectivity index is 2.35. The third kappa shape index (κ3) is 6.45. The predicted octanol–water partition coefficient (Wildman–Crippen LogP) is 4.88. The number of benzene rings is 2. The molecule has 0 radical (unpaired) electrons. The van der Waals surface area contributed by atoms with Gasteiger partial charge in [0.1, 0.15) is 6.04 Å². The molecule has 0 spiro atoms. The van der Waals surface area contributed by atoms with Gasteiger partial charge in [-0.1, -0.05) is 49.4 Å². The number of rotatable bonds is 7. The minimum Gasteiger partial charge on any atom is -0.350 e. The summed E-state index contributed by atoms with van der Waals surface area (Å²) in [5.74, 6) is -0.135. The molecule has 0 saturated heterocycles. The lowest BCUT2D eigenvalue weighted by atomic mass is 10.0. The van der Waals surface area contributed by atoms with Crippen molar-refractivity contribution in [2.75, 3.05) is 0 Å². The average Bonchev–Trinajstić information content (AvgIpc) is 2.64. The van der Waals surface area contributed by atoms with Gasteiger partial charge in [-0.3, -0.25) is 9.59 Å². The highest BCUT2D eigenvalue weighted by molar-refractivity contribution is 5.88. The summed E-state index contributed by atoms with van der Waals surface area (Å²) in [5, 5.41) is 3.05. The van der Waals surface area contributed by atoms with Crippen LogP contribution >= 0.6 is 0 Å². The second-order valence-corrected chi connectivity index (χ2v) is 9.21.